The highest BCUT2D eigenvalue weighted by Crippen LogP contribution is 2.26. The van der Waals surface area contributed by atoms with Gasteiger partial charge in [-0.1, -0.05) is 30.3 Å². The number of carbonyl (C=O) groups is 1. The summed E-state index contributed by atoms with van der Waals surface area (Å²) < 4.78 is 6.84. The first-order chi connectivity index (χ1) is 11.1. The number of hydrogen-bond donors (Lipinski definition) is 1. The molecule has 0 radical (unpaired) electrons. The average Bonchev–Trinajstić information content (AvgIpc) is 2.92. The number of nitrogen functional groups attached to an aromatic ring is 1. The van der Waals surface area contributed by atoms with Gasteiger partial charge in [-0.05, 0) is 19.4 Å². The Morgan fingerprint density at radius 1 is 1.30 bits per heavy atom. The van der Waals surface area contributed by atoms with E-state index in [0.29, 0.717) is 41.1 Å². The molecule has 0 aliphatic rings. The van der Waals surface area contributed by atoms with E-state index in [1.165, 1.54) is 0 Å². The van der Waals surface area contributed by atoms with Gasteiger partial charge in [0.05, 0.1) is 36.1 Å². The van der Waals surface area contributed by atoms with Crippen LogP contribution in [0.25, 0.3) is 11.0 Å². The molecule has 0 bridgehead atoms. The lowest BCUT2D eigenvalue weighted by molar-refractivity contribution is 0.0526. The summed E-state index contributed by atoms with van der Waals surface area (Å²) >= 11 is 0. The third-order valence-electron chi connectivity index (χ3n) is 3.66. The molecular weight excluding hydrogens is 292 g/mol. The van der Waals surface area contributed by atoms with E-state index in [0.717, 1.165) is 5.56 Å². The molecule has 2 aromatic heterocycles. The third-order valence-corrected chi connectivity index (χ3v) is 3.66. The van der Waals surface area contributed by atoms with Gasteiger partial charge in [0, 0.05) is 0 Å². The maximum atomic E-state index is 12.1. The summed E-state index contributed by atoms with van der Waals surface area (Å²) in [5, 5.41) is 5.02. The minimum Gasteiger partial charge on any atom is -0.462 e. The highest BCUT2D eigenvalue weighted by molar-refractivity contribution is 6.04. The Morgan fingerprint density at radius 3 is 2.74 bits per heavy atom. The lowest BCUT2D eigenvalue weighted by atomic mass is 10.1. The molecule has 2 heterocycles. The van der Waals surface area contributed by atoms with E-state index in [9.17, 15) is 4.79 Å². The predicted octanol–water partition coefficient (Wildman–Crippen LogP) is 2.55. The second-order valence-corrected chi connectivity index (χ2v) is 5.23. The van der Waals surface area contributed by atoms with E-state index in [1.807, 2.05) is 30.3 Å². The summed E-state index contributed by atoms with van der Waals surface area (Å²) in [6.45, 7) is 4.40. The lowest BCUT2D eigenvalue weighted by Gasteiger charge is -2.10. The van der Waals surface area contributed by atoms with Gasteiger partial charge in [0.2, 0.25) is 0 Å². The molecule has 6 heteroatoms. The van der Waals surface area contributed by atoms with Crippen molar-refractivity contribution in [3.8, 4) is 0 Å². The molecule has 23 heavy (non-hydrogen) atoms. The Bertz CT molecular complexity index is 856. The number of carbonyl (C=O) groups excluding carboxylic acids is 1. The van der Waals surface area contributed by atoms with Crippen LogP contribution < -0.4 is 5.73 Å². The molecule has 0 spiro atoms. The van der Waals surface area contributed by atoms with Crippen LogP contribution in [-0.2, 0) is 11.3 Å². The number of esters is 1. The second-order valence-electron chi connectivity index (χ2n) is 5.23. The fraction of sp³-hybridized carbons (Fsp3) is 0.235. The van der Waals surface area contributed by atoms with Crippen molar-refractivity contribution < 1.29 is 9.53 Å². The van der Waals surface area contributed by atoms with Crippen LogP contribution in [0.2, 0.25) is 0 Å². The average molecular weight is 310 g/mol. The van der Waals surface area contributed by atoms with Gasteiger partial charge in [0.1, 0.15) is 5.56 Å². The molecule has 6 nitrogen and oxygen atoms in total. The van der Waals surface area contributed by atoms with E-state index in [2.05, 4.69) is 10.1 Å². The van der Waals surface area contributed by atoms with E-state index < -0.39 is 5.97 Å². The van der Waals surface area contributed by atoms with Gasteiger partial charge in [0.15, 0.2) is 5.65 Å². The molecule has 3 aromatic rings. The van der Waals surface area contributed by atoms with Crippen molar-refractivity contribution in [2.24, 2.45) is 0 Å². The van der Waals surface area contributed by atoms with Crippen molar-refractivity contribution >= 4 is 22.7 Å². The van der Waals surface area contributed by atoms with Crippen LogP contribution in [-0.4, -0.2) is 27.3 Å². The van der Waals surface area contributed by atoms with E-state index in [-0.39, 0.29) is 0 Å². The minimum atomic E-state index is -0.451. The van der Waals surface area contributed by atoms with E-state index in [1.54, 1.807) is 24.7 Å². The topological polar surface area (TPSA) is 83.0 Å². The number of aromatic nitrogens is 3. The maximum absolute atomic E-state index is 12.1. The van der Waals surface area contributed by atoms with Crippen molar-refractivity contribution in [3.63, 3.8) is 0 Å². The normalized spacial score (nSPS) is 10.9. The molecule has 3 rings (SSSR count). The number of aryl methyl sites for hydroxylation is 1. The zero-order chi connectivity index (χ0) is 16.4. The Kier molecular flexibility index (Phi) is 3.97. The van der Waals surface area contributed by atoms with Crippen molar-refractivity contribution in [3.05, 3.63) is 53.3 Å². The molecule has 0 saturated heterocycles. The number of hydrogen-bond acceptors (Lipinski definition) is 5. The predicted molar refractivity (Wildman–Crippen MR) is 88.2 cm³/mol. The molecule has 0 amide bonds. The molecule has 1 aromatic carbocycles. The summed E-state index contributed by atoms with van der Waals surface area (Å²) in [5.74, 6) is -0.451. The minimum absolute atomic E-state index is 0.295. The van der Waals surface area contributed by atoms with Gasteiger partial charge < -0.3 is 10.5 Å². The SMILES string of the molecule is CCOC(=O)c1c(C)nc2c(cnn2Cc2ccccc2)c1N. The summed E-state index contributed by atoms with van der Waals surface area (Å²) in [5.41, 5.74) is 9.17. The van der Waals surface area contributed by atoms with Crippen LogP contribution in [0.1, 0.15) is 28.5 Å². The summed E-state index contributed by atoms with van der Waals surface area (Å²) in [4.78, 5) is 16.6. The number of nitrogens with zero attached hydrogens (tertiary/aromatic N) is 3. The van der Waals surface area contributed by atoms with Crippen molar-refractivity contribution in [1.82, 2.24) is 14.8 Å². The zero-order valence-corrected chi connectivity index (χ0v) is 13.1. The number of ether oxygens (including phenoxy) is 1. The lowest BCUT2D eigenvalue weighted by Crippen LogP contribution is -2.12. The van der Waals surface area contributed by atoms with Gasteiger partial charge in [-0.15, -0.1) is 0 Å². The van der Waals surface area contributed by atoms with E-state index >= 15 is 0 Å². The number of fused-ring (bicyclic) bond motifs is 1. The summed E-state index contributed by atoms with van der Waals surface area (Å²) in [6, 6.07) is 9.98. The number of pyridine rings is 1. The van der Waals surface area contributed by atoms with Crippen LogP contribution in [0.3, 0.4) is 0 Å². The van der Waals surface area contributed by atoms with Gasteiger partial charge in [-0.2, -0.15) is 5.10 Å². The number of rotatable bonds is 4. The van der Waals surface area contributed by atoms with Gasteiger partial charge in [0.25, 0.3) is 0 Å². The molecule has 0 atom stereocenters. The smallest absolute Gasteiger partial charge is 0.342 e. The van der Waals surface area contributed by atoms with Crippen LogP contribution in [0.15, 0.2) is 36.5 Å². The Morgan fingerprint density at radius 2 is 2.04 bits per heavy atom. The van der Waals surface area contributed by atoms with Gasteiger partial charge >= 0.3 is 5.97 Å². The largest absolute Gasteiger partial charge is 0.462 e. The van der Waals surface area contributed by atoms with Crippen molar-refractivity contribution in [2.45, 2.75) is 20.4 Å². The molecule has 0 aliphatic heterocycles. The molecule has 0 fully saturated rings. The van der Waals surface area contributed by atoms with E-state index in [4.69, 9.17) is 10.5 Å². The fourth-order valence-corrected chi connectivity index (χ4v) is 2.56. The van der Waals surface area contributed by atoms with Crippen molar-refractivity contribution in [2.75, 3.05) is 12.3 Å². The first-order valence-corrected chi connectivity index (χ1v) is 7.44. The summed E-state index contributed by atoms with van der Waals surface area (Å²) in [6.07, 6.45) is 1.64. The van der Waals surface area contributed by atoms with Crippen LogP contribution in [0.5, 0.6) is 0 Å². The van der Waals surface area contributed by atoms with Gasteiger partial charge in [-0.3, -0.25) is 0 Å². The maximum Gasteiger partial charge on any atom is 0.342 e. The second kappa shape index (κ2) is 6.08. The Balaban J connectivity index is 2.06. The van der Waals surface area contributed by atoms with Crippen LogP contribution in [0, 0.1) is 6.92 Å². The first kappa shape index (κ1) is 15.0. The molecular formula is C17H18N4O2. The molecule has 2 N–H and O–H groups in total. The third kappa shape index (κ3) is 2.75. The highest BCUT2D eigenvalue weighted by atomic mass is 16.5. The molecule has 0 aliphatic carbocycles. The first-order valence-electron chi connectivity index (χ1n) is 7.44. The van der Waals surface area contributed by atoms with Crippen LogP contribution >= 0.6 is 0 Å². The summed E-state index contributed by atoms with van der Waals surface area (Å²) in [7, 11) is 0. The number of benzene rings is 1. The standard InChI is InChI=1S/C17H18N4O2/c1-3-23-17(22)14-11(2)20-16-13(15(14)18)9-19-21(16)10-12-7-5-4-6-8-12/h4-9H,3,10H2,1-2H3,(H2,18,20). The fourth-order valence-electron chi connectivity index (χ4n) is 2.56. The van der Waals surface area contributed by atoms with Crippen molar-refractivity contribution in [1.29, 1.82) is 0 Å². The van der Waals surface area contributed by atoms with Gasteiger partial charge in [-0.25, -0.2) is 14.5 Å². The monoisotopic (exact) mass is 310 g/mol. The highest BCUT2D eigenvalue weighted by Gasteiger charge is 2.20. The molecule has 0 unspecified atom stereocenters. The number of nitrogens with two attached hydrogens (primary N) is 1. The number of anilines is 1. The van der Waals surface area contributed by atoms with Crippen LogP contribution in [0.4, 0.5) is 5.69 Å². The Hall–Kier alpha value is -2.89. The molecule has 118 valence electrons. The quantitative estimate of drug-likeness (QED) is 0.749. The molecule has 0 saturated carbocycles. The Labute approximate surface area is 133 Å². The zero-order valence-electron chi connectivity index (χ0n) is 13.1.